The number of amides is 1. The molecule has 1 aromatic heterocycles. The largest absolute Gasteiger partial charge is 0.351 e. The molecule has 0 unspecified atom stereocenters. The molecule has 0 saturated carbocycles. The quantitative estimate of drug-likeness (QED) is 0.599. The van der Waals surface area contributed by atoms with Crippen LogP contribution in [0.1, 0.15) is 48.0 Å². The lowest BCUT2D eigenvalue weighted by atomic mass is 9.92. The zero-order valence-corrected chi connectivity index (χ0v) is 16.5. The van der Waals surface area contributed by atoms with Crippen LogP contribution in [0.15, 0.2) is 77.9 Å². The lowest BCUT2D eigenvalue weighted by Crippen LogP contribution is -2.48. The van der Waals surface area contributed by atoms with Crippen molar-refractivity contribution in [2.24, 2.45) is 0 Å². The van der Waals surface area contributed by atoms with Crippen LogP contribution in [0, 0.1) is 0 Å². The number of aromatic nitrogens is 1. The Morgan fingerprint density at radius 2 is 1.96 bits per heavy atom. The average Bonchev–Trinajstić information content (AvgIpc) is 3.16. The molecule has 1 aromatic carbocycles. The number of carbonyl (C=O) groups is 1. The Bertz CT molecular complexity index is 850. The fourth-order valence-corrected chi connectivity index (χ4v) is 3.85. The van der Waals surface area contributed by atoms with Crippen molar-refractivity contribution in [1.29, 1.82) is 0 Å². The van der Waals surface area contributed by atoms with E-state index in [4.69, 9.17) is 4.52 Å². The summed E-state index contributed by atoms with van der Waals surface area (Å²) in [4.78, 5) is 15.2. The molecule has 146 valence electrons. The molecule has 3 rings (SSSR count). The minimum absolute atomic E-state index is 0.0124. The van der Waals surface area contributed by atoms with Gasteiger partial charge in [-0.15, -0.1) is 13.2 Å². The first-order chi connectivity index (χ1) is 13.6. The predicted molar refractivity (Wildman–Crippen MR) is 112 cm³/mol. The van der Waals surface area contributed by atoms with Gasteiger partial charge in [-0.25, -0.2) is 0 Å². The summed E-state index contributed by atoms with van der Waals surface area (Å²) in [6.45, 7) is 9.83. The third-order valence-electron chi connectivity index (χ3n) is 5.15. The standard InChI is InChI=1S/C24H28N2O2/c1-4-9-21-15-18(3)16-22(10-5-2)26(21)24(27)23-17-20(25-28-23)14-13-19-11-7-6-8-12-19/h4-8,11-12,15,17,21-22H,1-2,9-10,13-14,16H2,3H3/t21-,22-/m1/s1. The third-order valence-corrected chi connectivity index (χ3v) is 5.15. The van der Waals surface area contributed by atoms with Crippen LogP contribution >= 0.6 is 0 Å². The van der Waals surface area contributed by atoms with Gasteiger partial charge in [-0.1, -0.05) is 59.3 Å². The second-order valence-electron chi connectivity index (χ2n) is 7.37. The summed E-state index contributed by atoms with van der Waals surface area (Å²) in [5.74, 6) is 0.194. The molecule has 0 radical (unpaired) electrons. The fourth-order valence-electron chi connectivity index (χ4n) is 3.85. The molecular formula is C24H28N2O2. The van der Waals surface area contributed by atoms with Crippen molar-refractivity contribution in [1.82, 2.24) is 10.1 Å². The van der Waals surface area contributed by atoms with Gasteiger partial charge in [-0.05, 0) is 44.6 Å². The maximum atomic E-state index is 13.3. The lowest BCUT2D eigenvalue weighted by molar-refractivity contribution is 0.0558. The van der Waals surface area contributed by atoms with Crippen LogP contribution in [0.5, 0.6) is 0 Å². The first-order valence-corrected chi connectivity index (χ1v) is 9.83. The Balaban J connectivity index is 1.76. The molecule has 1 aliphatic rings. The summed E-state index contributed by atoms with van der Waals surface area (Å²) >= 11 is 0. The van der Waals surface area contributed by atoms with E-state index in [1.54, 1.807) is 6.07 Å². The van der Waals surface area contributed by atoms with E-state index in [0.717, 1.165) is 31.4 Å². The zero-order valence-electron chi connectivity index (χ0n) is 16.5. The topological polar surface area (TPSA) is 46.3 Å². The number of hydrogen-bond donors (Lipinski definition) is 0. The number of nitrogens with zero attached hydrogens (tertiary/aromatic N) is 2. The first-order valence-electron chi connectivity index (χ1n) is 9.83. The number of aryl methyl sites for hydroxylation is 2. The highest BCUT2D eigenvalue weighted by Gasteiger charge is 2.34. The normalized spacial score (nSPS) is 19.2. The third kappa shape index (κ3) is 4.69. The minimum atomic E-state index is -0.110. The lowest BCUT2D eigenvalue weighted by Gasteiger charge is -2.39. The molecule has 0 aliphatic carbocycles. The van der Waals surface area contributed by atoms with Crippen LogP contribution in [0.25, 0.3) is 0 Å². The van der Waals surface area contributed by atoms with Crippen molar-refractivity contribution < 1.29 is 9.32 Å². The molecule has 2 heterocycles. The van der Waals surface area contributed by atoms with Gasteiger partial charge in [0.25, 0.3) is 5.91 Å². The highest BCUT2D eigenvalue weighted by atomic mass is 16.5. The summed E-state index contributed by atoms with van der Waals surface area (Å²) in [6, 6.07) is 12.1. The molecule has 0 saturated heterocycles. The predicted octanol–water partition coefficient (Wildman–Crippen LogP) is 5.14. The monoisotopic (exact) mass is 376 g/mol. The zero-order chi connectivity index (χ0) is 19.9. The van der Waals surface area contributed by atoms with Crippen LogP contribution in [0.3, 0.4) is 0 Å². The van der Waals surface area contributed by atoms with Crippen LogP contribution in [0.2, 0.25) is 0 Å². The van der Waals surface area contributed by atoms with E-state index >= 15 is 0 Å². The molecule has 0 fully saturated rings. The molecule has 4 heteroatoms. The van der Waals surface area contributed by atoms with Crippen LogP contribution in [0.4, 0.5) is 0 Å². The summed E-state index contributed by atoms with van der Waals surface area (Å²) in [5.41, 5.74) is 3.34. The number of benzene rings is 1. The van der Waals surface area contributed by atoms with Gasteiger partial charge in [0.05, 0.1) is 11.7 Å². The highest BCUT2D eigenvalue weighted by Crippen LogP contribution is 2.28. The smallest absolute Gasteiger partial charge is 0.293 e. The molecule has 2 aromatic rings. The minimum Gasteiger partial charge on any atom is -0.351 e. The van der Waals surface area contributed by atoms with Gasteiger partial charge in [0, 0.05) is 12.1 Å². The molecule has 28 heavy (non-hydrogen) atoms. The van der Waals surface area contributed by atoms with Crippen molar-refractivity contribution in [3.8, 4) is 0 Å². The molecule has 2 atom stereocenters. The molecular weight excluding hydrogens is 348 g/mol. The van der Waals surface area contributed by atoms with E-state index in [2.05, 4.69) is 43.4 Å². The Labute approximate surface area is 167 Å². The van der Waals surface area contributed by atoms with Gasteiger partial charge in [0.15, 0.2) is 0 Å². The molecule has 0 N–H and O–H groups in total. The van der Waals surface area contributed by atoms with E-state index in [0.29, 0.717) is 12.2 Å². The summed E-state index contributed by atoms with van der Waals surface area (Å²) in [6.07, 6.45) is 9.81. The number of rotatable bonds is 8. The molecule has 0 bridgehead atoms. The van der Waals surface area contributed by atoms with E-state index in [-0.39, 0.29) is 18.0 Å². The van der Waals surface area contributed by atoms with Crippen molar-refractivity contribution in [2.75, 3.05) is 0 Å². The molecule has 1 aliphatic heterocycles. The van der Waals surface area contributed by atoms with Crippen LogP contribution in [-0.2, 0) is 12.8 Å². The van der Waals surface area contributed by atoms with Gasteiger partial charge < -0.3 is 9.42 Å². The van der Waals surface area contributed by atoms with Gasteiger partial charge in [-0.3, -0.25) is 4.79 Å². The Hall–Kier alpha value is -2.88. The van der Waals surface area contributed by atoms with Gasteiger partial charge in [0.1, 0.15) is 0 Å². The van der Waals surface area contributed by atoms with Crippen molar-refractivity contribution in [3.63, 3.8) is 0 Å². The summed E-state index contributed by atoms with van der Waals surface area (Å²) in [7, 11) is 0. The van der Waals surface area contributed by atoms with Gasteiger partial charge in [0.2, 0.25) is 5.76 Å². The Kier molecular flexibility index (Phi) is 6.64. The maximum absolute atomic E-state index is 13.3. The van der Waals surface area contributed by atoms with Crippen LogP contribution in [-0.4, -0.2) is 28.0 Å². The van der Waals surface area contributed by atoms with E-state index < -0.39 is 0 Å². The van der Waals surface area contributed by atoms with Crippen molar-refractivity contribution >= 4 is 5.91 Å². The Morgan fingerprint density at radius 1 is 1.21 bits per heavy atom. The van der Waals surface area contributed by atoms with E-state index in [9.17, 15) is 4.79 Å². The molecule has 0 spiro atoms. The Morgan fingerprint density at radius 3 is 2.68 bits per heavy atom. The SMILES string of the molecule is C=CC[C@@H]1CC(C)=C[C@@H](CC=C)N1C(=O)c1cc(CCc2ccccc2)no1. The average molecular weight is 377 g/mol. The second-order valence-corrected chi connectivity index (χ2v) is 7.37. The second kappa shape index (κ2) is 9.36. The number of hydrogen-bond acceptors (Lipinski definition) is 3. The maximum Gasteiger partial charge on any atom is 0.293 e. The van der Waals surface area contributed by atoms with Crippen LogP contribution < -0.4 is 0 Å². The fraction of sp³-hybridized carbons (Fsp3) is 0.333. The summed E-state index contributed by atoms with van der Waals surface area (Å²) in [5, 5.41) is 4.13. The molecule has 1 amide bonds. The van der Waals surface area contributed by atoms with Gasteiger partial charge >= 0.3 is 0 Å². The molecule has 4 nitrogen and oxygen atoms in total. The van der Waals surface area contributed by atoms with Gasteiger partial charge in [-0.2, -0.15) is 0 Å². The summed E-state index contributed by atoms with van der Waals surface area (Å²) < 4.78 is 5.43. The van der Waals surface area contributed by atoms with Crippen molar-refractivity contribution in [2.45, 2.75) is 51.1 Å². The highest BCUT2D eigenvalue weighted by molar-refractivity contribution is 5.92. The van der Waals surface area contributed by atoms with E-state index in [1.807, 2.05) is 35.3 Å². The van der Waals surface area contributed by atoms with Crippen molar-refractivity contribution in [3.05, 3.63) is 90.4 Å². The first kappa shape index (κ1) is 19.9. The number of carbonyl (C=O) groups excluding carboxylic acids is 1. The van der Waals surface area contributed by atoms with E-state index in [1.165, 1.54) is 11.1 Å².